The molecule has 1 spiro atoms. The third-order valence-corrected chi connectivity index (χ3v) is 14.0. The molecule has 3 aromatic rings. The van der Waals surface area contributed by atoms with E-state index in [1.165, 1.54) is 7.11 Å². The molecule has 0 aliphatic carbocycles. The van der Waals surface area contributed by atoms with Crippen LogP contribution in [0.1, 0.15) is 69.2 Å². The van der Waals surface area contributed by atoms with Gasteiger partial charge in [0.2, 0.25) is 14.3 Å². The number of amides is 2. The van der Waals surface area contributed by atoms with E-state index in [1.807, 2.05) is 50.2 Å². The van der Waals surface area contributed by atoms with E-state index in [1.54, 1.807) is 33.8 Å². The van der Waals surface area contributed by atoms with Gasteiger partial charge in [0.15, 0.2) is 5.60 Å². The molecular formula is C41H57FN6O8Si. The molecule has 14 nitrogen and oxygen atoms in total. The van der Waals surface area contributed by atoms with Gasteiger partial charge in [-0.05, 0) is 107 Å². The summed E-state index contributed by atoms with van der Waals surface area (Å²) in [4.78, 5) is 44.8. The molecule has 2 amide bonds. The molecule has 0 radical (unpaired) electrons. The smallest absolute Gasteiger partial charge is 0.305 e. The average Bonchev–Trinajstić information content (AvgIpc) is 3.83. The van der Waals surface area contributed by atoms with E-state index < -0.39 is 37.6 Å². The van der Waals surface area contributed by atoms with Gasteiger partial charge in [0, 0.05) is 68.1 Å². The lowest BCUT2D eigenvalue weighted by atomic mass is 9.82. The molecule has 1 saturated heterocycles. The van der Waals surface area contributed by atoms with Crippen molar-refractivity contribution in [2.75, 3.05) is 49.8 Å². The SMILES string of the molecule is CCOc1ccc2c(c1)CC(NCCCCO)C(=O)N2c1ccc2c(c1)[C@@]1(O[C@H](CCn3cc(CCO)nn3)[C@@H]([Si](C)(C)F)[C@@H]1C)C(=O)N2CCCCC(=O)OC. The minimum absolute atomic E-state index is 0.0540. The molecule has 1 fully saturated rings. The summed E-state index contributed by atoms with van der Waals surface area (Å²) in [6, 6.07) is 10.7. The topological polar surface area (TPSA) is 169 Å². The average molecular weight is 809 g/mol. The van der Waals surface area contributed by atoms with Gasteiger partial charge in [0.1, 0.15) is 5.75 Å². The van der Waals surface area contributed by atoms with Crippen molar-refractivity contribution >= 4 is 43.3 Å². The molecule has 3 aliphatic heterocycles. The van der Waals surface area contributed by atoms with Gasteiger partial charge in [-0.25, -0.2) is 0 Å². The molecule has 310 valence electrons. The van der Waals surface area contributed by atoms with Crippen molar-refractivity contribution in [1.82, 2.24) is 20.3 Å². The number of aryl methyl sites for hydroxylation is 1. The fraction of sp³-hybridized carbons (Fsp3) is 0.585. The number of ether oxygens (including phenoxy) is 3. The zero-order valence-corrected chi connectivity index (χ0v) is 34.7. The molecule has 6 rings (SSSR count). The van der Waals surface area contributed by atoms with Crippen molar-refractivity contribution in [2.45, 2.75) is 108 Å². The van der Waals surface area contributed by atoms with Gasteiger partial charge in [-0.3, -0.25) is 24.0 Å². The fourth-order valence-corrected chi connectivity index (χ4v) is 11.5. The van der Waals surface area contributed by atoms with Crippen LogP contribution in [0.15, 0.2) is 42.6 Å². The number of aliphatic hydroxyl groups excluding tert-OH is 2. The molecule has 0 saturated carbocycles. The van der Waals surface area contributed by atoms with Crippen molar-refractivity contribution in [3.8, 4) is 5.75 Å². The number of halogens is 1. The summed E-state index contributed by atoms with van der Waals surface area (Å²) >= 11 is 0. The second kappa shape index (κ2) is 18.1. The Balaban J connectivity index is 1.41. The number of methoxy groups -OCH3 is 1. The number of anilines is 3. The Labute approximate surface area is 334 Å². The van der Waals surface area contributed by atoms with Crippen LogP contribution in [0, 0.1) is 5.92 Å². The van der Waals surface area contributed by atoms with E-state index in [0.717, 1.165) is 5.56 Å². The molecule has 4 heterocycles. The van der Waals surface area contributed by atoms with Crippen LogP contribution >= 0.6 is 0 Å². The summed E-state index contributed by atoms with van der Waals surface area (Å²) in [5, 5.41) is 30.4. The Hall–Kier alpha value is -4.22. The summed E-state index contributed by atoms with van der Waals surface area (Å²) in [7, 11) is -2.13. The highest BCUT2D eigenvalue weighted by Gasteiger charge is 2.66. The lowest BCUT2D eigenvalue weighted by molar-refractivity contribution is -0.146. The Bertz CT molecular complexity index is 1910. The summed E-state index contributed by atoms with van der Waals surface area (Å²) in [5.74, 6) is -0.627. The number of carbonyl (C=O) groups is 3. The van der Waals surface area contributed by atoms with Gasteiger partial charge in [0.25, 0.3) is 5.91 Å². The summed E-state index contributed by atoms with van der Waals surface area (Å²) < 4.78 is 36.0. The van der Waals surface area contributed by atoms with E-state index in [4.69, 9.17) is 14.2 Å². The number of benzene rings is 2. The molecular weight excluding hydrogens is 752 g/mol. The first kappa shape index (κ1) is 42.4. The molecule has 0 bridgehead atoms. The quantitative estimate of drug-likeness (QED) is 0.0664. The number of rotatable bonds is 19. The fourth-order valence-electron chi connectivity index (χ4n) is 8.96. The molecule has 1 aromatic heterocycles. The van der Waals surface area contributed by atoms with Gasteiger partial charge in [-0.2, -0.15) is 0 Å². The third-order valence-electron chi connectivity index (χ3n) is 11.6. The second-order valence-corrected chi connectivity index (χ2v) is 19.5. The van der Waals surface area contributed by atoms with E-state index >= 15 is 8.90 Å². The monoisotopic (exact) mass is 808 g/mol. The van der Waals surface area contributed by atoms with Crippen molar-refractivity contribution in [3.63, 3.8) is 0 Å². The minimum Gasteiger partial charge on any atom is -0.494 e. The van der Waals surface area contributed by atoms with E-state index in [-0.39, 0.29) is 37.4 Å². The van der Waals surface area contributed by atoms with Crippen LogP contribution in [0.25, 0.3) is 0 Å². The number of hydrogen-bond donors (Lipinski definition) is 3. The van der Waals surface area contributed by atoms with Gasteiger partial charge in [-0.15, -0.1) is 5.10 Å². The number of nitrogens with one attached hydrogen (secondary N) is 1. The first-order valence-corrected chi connectivity index (χ1v) is 23.2. The van der Waals surface area contributed by atoms with Gasteiger partial charge >= 0.3 is 5.97 Å². The lowest BCUT2D eigenvalue weighted by Crippen LogP contribution is -2.49. The Morgan fingerprint density at radius 3 is 2.58 bits per heavy atom. The molecule has 1 unspecified atom stereocenters. The van der Waals surface area contributed by atoms with E-state index in [9.17, 15) is 19.8 Å². The number of fused-ring (bicyclic) bond motifs is 3. The first-order valence-electron chi connectivity index (χ1n) is 20.2. The number of aliphatic hydroxyl groups is 2. The molecule has 57 heavy (non-hydrogen) atoms. The predicted molar refractivity (Wildman–Crippen MR) is 215 cm³/mol. The van der Waals surface area contributed by atoms with Crippen LogP contribution in [-0.2, 0) is 48.8 Å². The molecule has 5 atom stereocenters. The van der Waals surface area contributed by atoms with Crippen molar-refractivity contribution < 1.29 is 42.9 Å². The second-order valence-electron chi connectivity index (χ2n) is 15.7. The van der Waals surface area contributed by atoms with Gasteiger partial charge in [-0.1, -0.05) is 12.1 Å². The number of unbranched alkanes of at least 4 members (excludes halogenated alkanes) is 2. The van der Waals surface area contributed by atoms with Gasteiger partial charge < -0.3 is 38.7 Å². The van der Waals surface area contributed by atoms with E-state index in [2.05, 4.69) is 15.6 Å². The maximum Gasteiger partial charge on any atom is 0.305 e. The molecule has 3 N–H and O–H groups in total. The highest BCUT2D eigenvalue weighted by Crippen LogP contribution is 2.61. The predicted octanol–water partition coefficient (Wildman–Crippen LogP) is 4.72. The van der Waals surface area contributed by atoms with E-state index in [0.29, 0.717) is 105 Å². The van der Waals surface area contributed by atoms with Crippen LogP contribution < -0.4 is 19.9 Å². The number of hydrogen-bond acceptors (Lipinski definition) is 11. The summed E-state index contributed by atoms with van der Waals surface area (Å²) in [6.07, 6.45) is 4.90. The highest BCUT2D eigenvalue weighted by molar-refractivity contribution is 6.72. The first-order chi connectivity index (χ1) is 27.4. The lowest BCUT2D eigenvalue weighted by Gasteiger charge is -2.36. The maximum atomic E-state index is 16.6. The standard InChI is InChI=1S/C41H57FN6O8Si/c1-6-55-31-13-15-34-28(23-31)24-33(43-18-8-10-21-49)39(52)48(34)30-12-14-35-32(25-30)41(40(53)47(35)19-9-7-11-37(51)54-3)27(2)38(57(4,5)42)36(56-41)16-20-46-26-29(17-22-50)44-45-46/h12-15,23,25-27,33,36,38,43,49-50H,6-11,16-22,24H2,1-5H3/t27-,33?,36+,38-,41+/m0/s1. The van der Waals surface area contributed by atoms with Crippen molar-refractivity contribution in [2.24, 2.45) is 5.92 Å². The largest absolute Gasteiger partial charge is 0.494 e. The summed E-state index contributed by atoms with van der Waals surface area (Å²) in [5.41, 5.74) is 1.95. The Morgan fingerprint density at radius 2 is 1.86 bits per heavy atom. The van der Waals surface area contributed by atoms with Crippen LogP contribution in [0.2, 0.25) is 18.6 Å². The molecule has 16 heteroatoms. The summed E-state index contributed by atoms with van der Waals surface area (Å²) in [6.45, 7) is 8.89. The zero-order valence-electron chi connectivity index (χ0n) is 33.7. The van der Waals surface area contributed by atoms with Crippen LogP contribution in [0.5, 0.6) is 5.75 Å². The maximum absolute atomic E-state index is 16.6. The number of esters is 1. The van der Waals surface area contributed by atoms with Gasteiger partial charge in [0.05, 0.1) is 42.9 Å². The molecule has 2 aromatic carbocycles. The van der Waals surface area contributed by atoms with Crippen LogP contribution in [0.3, 0.4) is 0 Å². The third kappa shape index (κ3) is 8.65. The van der Waals surface area contributed by atoms with Crippen molar-refractivity contribution in [1.29, 1.82) is 0 Å². The number of aromatic nitrogens is 3. The van der Waals surface area contributed by atoms with Crippen LogP contribution in [0.4, 0.5) is 21.2 Å². The number of nitrogens with zero attached hydrogens (tertiary/aromatic N) is 5. The molecule has 3 aliphatic rings. The Kier molecular flexibility index (Phi) is 13.5. The van der Waals surface area contributed by atoms with Crippen molar-refractivity contribution in [3.05, 3.63) is 59.4 Å². The highest BCUT2D eigenvalue weighted by atomic mass is 28.4. The van der Waals surface area contributed by atoms with Crippen LogP contribution in [-0.4, -0.2) is 104 Å². The normalized spacial score (nSPS) is 23.0. The Morgan fingerprint density at radius 1 is 1.07 bits per heavy atom. The minimum atomic E-state index is -3.48. The zero-order chi connectivity index (χ0) is 40.9. The number of carbonyl (C=O) groups excluding carboxylic acids is 3.